The summed E-state index contributed by atoms with van der Waals surface area (Å²) in [5, 5.41) is 0. The number of rotatable bonds is 7. The average molecular weight is 549 g/mol. The van der Waals surface area contributed by atoms with Crippen molar-refractivity contribution in [2.45, 2.75) is 84.0 Å². The lowest BCUT2D eigenvalue weighted by Gasteiger charge is -2.38. The maximum absolute atomic E-state index is 15.4. The van der Waals surface area contributed by atoms with Gasteiger partial charge < -0.3 is 0 Å². The molecular formula is C36H40F4. The first-order chi connectivity index (χ1) is 19.4. The van der Waals surface area contributed by atoms with Gasteiger partial charge in [-0.1, -0.05) is 73.5 Å². The molecule has 4 heteroatoms. The van der Waals surface area contributed by atoms with Crippen LogP contribution in [-0.4, -0.2) is 0 Å². The van der Waals surface area contributed by atoms with E-state index in [4.69, 9.17) is 0 Å². The van der Waals surface area contributed by atoms with Gasteiger partial charge in [-0.25, -0.2) is 17.6 Å². The lowest BCUT2D eigenvalue weighted by atomic mass is 9.68. The third-order valence-corrected chi connectivity index (χ3v) is 9.64. The molecule has 3 aromatic carbocycles. The van der Waals surface area contributed by atoms with Gasteiger partial charge in [0.2, 0.25) is 0 Å². The van der Waals surface area contributed by atoms with Crippen LogP contribution in [0.3, 0.4) is 0 Å². The average Bonchev–Trinajstić information content (AvgIpc) is 2.98. The minimum absolute atomic E-state index is 0.0544. The number of aryl methyl sites for hydroxylation is 1. The maximum Gasteiger partial charge on any atom is 0.166 e. The Bertz CT molecular complexity index is 1320. The van der Waals surface area contributed by atoms with Crippen molar-refractivity contribution in [3.63, 3.8) is 0 Å². The van der Waals surface area contributed by atoms with Crippen molar-refractivity contribution >= 4 is 0 Å². The SMILES string of the molecule is C/C=C/CCC1CCC(C2CCC(c3ccc(-c4ccc(-c5ccc(C)c(F)c5F)cc4)c(F)c3F)CC2)CC1. The predicted molar refractivity (Wildman–Crippen MR) is 156 cm³/mol. The Kier molecular flexibility index (Phi) is 9.13. The Labute approximate surface area is 236 Å². The van der Waals surface area contributed by atoms with Crippen LogP contribution in [0.25, 0.3) is 22.3 Å². The molecule has 0 unspecified atom stereocenters. The molecule has 2 aliphatic carbocycles. The molecule has 212 valence electrons. The molecule has 0 amide bonds. The van der Waals surface area contributed by atoms with Crippen LogP contribution in [0.4, 0.5) is 17.6 Å². The fraction of sp³-hybridized carbons (Fsp3) is 0.444. The number of allylic oxidation sites excluding steroid dienone is 2. The summed E-state index contributed by atoms with van der Waals surface area (Å²) in [7, 11) is 0. The number of halogens is 4. The molecular weight excluding hydrogens is 508 g/mol. The highest BCUT2D eigenvalue weighted by Crippen LogP contribution is 2.45. The topological polar surface area (TPSA) is 0 Å². The highest BCUT2D eigenvalue weighted by molar-refractivity contribution is 5.71. The van der Waals surface area contributed by atoms with E-state index in [1.165, 1.54) is 57.6 Å². The zero-order chi connectivity index (χ0) is 28.2. The summed E-state index contributed by atoms with van der Waals surface area (Å²) in [5.74, 6) is -0.948. The van der Waals surface area contributed by atoms with Crippen LogP contribution in [0.1, 0.15) is 88.2 Å². The van der Waals surface area contributed by atoms with Crippen LogP contribution in [0.15, 0.2) is 60.7 Å². The van der Waals surface area contributed by atoms with Crippen LogP contribution in [0, 0.1) is 47.9 Å². The summed E-state index contributed by atoms with van der Waals surface area (Å²) in [5.41, 5.74) is 2.04. The molecule has 2 saturated carbocycles. The Morgan fingerprint density at radius 1 is 0.625 bits per heavy atom. The molecule has 0 aliphatic heterocycles. The highest BCUT2D eigenvalue weighted by Gasteiger charge is 2.32. The van der Waals surface area contributed by atoms with E-state index in [-0.39, 0.29) is 22.6 Å². The van der Waals surface area contributed by atoms with Crippen molar-refractivity contribution < 1.29 is 17.6 Å². The normalized spacial score (nSPS) is 23.6. The molecule has 0 bridgehead atoms. The van der Waals surface area contributed by atoms with Crippen molar-refractivity contribution in [3.05, 3.63) is 95.1 Å². The lowest BCUT2D eigenvalue weighted by Crippen LogP contribution is -2.25. The first kappa shape index (κ1) is 28.6. The zero-order valence-corrected chi connectivity index (χ0v) is 23.7. The van der Waals surface area contributed by atoms with E-state index in [0.717, 1.165) is 37.5 Å². The first-order valence-corrected chi connectivity index (χ1v) is 15.0. The summed E-state index contributed by atoms with van der Waals surface area (Å²) >= 11 is 0. The van der Waals surface area contributed by atoms with E-state index in [0.29, 0.717) is 22.6 Å². The standard InChI is InChI=1S/C36H40F4/c1-3-4-5-6-24-8-10-25(11-9-24)26-12-14-27(15-13-26)31-21-22-32(36(40)35(31)39)29-18-16-28(17-19-29)30-20-7-23(2)33(37)34(30)38/h3-4,7,16-22,24-27H,5-6,8-15H2,1-2H3/b4-3+. The maximum atomic E-state index is 15.4. The Hall–Kier alpha value is -2.88. The van der Waals surface area contributed by atoms with Crippen LogP contribution in [-0.2, 0) is 0 Å². The predicted octanol–water partition coefficient (Wildman–Crippen LogP) is 11.3. The van der Waals surface area contributed by atoms with E-state index < -0.39 is 23.3 Å². The van der Waals surface area contributed by atoms with Gasteiger partial charge >= 0.3 is 0 Å². The minimum Gasteiger partial charge on any atom is -0.203 e. The largest absolute Gasteiger partial charge is 0.203 e. The monoisotopic (exact) mass is 548 g/mol. The summed E-state index contributed by atoms with van der Waals surface area (Å²) in [6, 6.07) is 13.0. The van der Waals surface area contributed by atoms with Gasteiger partial charge in [0.05, 0.1) is 0 Å². The van der Waals surface area contributed by atoms with Crippen molar-refractivity contribution in [2.75, 3.05) is 0 Å². The van der Waals surface area contributed by atoms with Gasteiger partial charge in [0.1, 0.15) is 0 Å². The third-order valence-electron chi connectivity index (χ3n) is 9.64. The second kappa shape index (κ2) is 12.7. The van der Waals surface area contributed by atoms with Crippen LogP contribution < -0.4 is 0 Å². The molecule has 5 rings (SSSR count). The number of hydrogen-bond acceptors (Lipinski definition) is 0. The van der Waals surface area contributed by atoms with E-state index >= 15 is 8.78 Å². The van der Waals surface area contributed by atoms with E-state index in [9.17, 15) is 8.78 Å². The van der Waals surface area contributed by atoms with Crippen molar-refractivity contribution in [2.24, 2.45) is 17.8 Å². The van der Waals surface area contributed by atoms with Crippen molar-refractivity contribution in [1.82, 2.24) is 0 Å². The lowest BCUT2D eigenvalue weighted by molar-refractivity contribution is 0.156. The molecule has 2 aliphatic rings. The highest BCUT2D eigenvalue weighted by atomic mass is 19.2. The second-order valence-electron chi connectivity index (χ2n) is 12.0. The zero-order valence-electron chi connectivity index (χ0n) is 23.7. The van der Waals surface area contributed by atoms with Crippen molar-refractivity contribution in [3.8, 4) is 22.3 Å². The van der Waals surface area contributed by atoms with Crippen LogP contribution in [0.2, 0.25) is 0 Å². The quantitative estimate of drug-likeness (QED) is 0.203. The molecule has 0 aromatic heterocycles. The number of hydrogen-bond donors (Lipinski definition) is 0. The fourth-order valence-electron chi connectivity index (χ4n) is 7.15. The Morgan fingerprint density at radius 3 is 1.73 bits per heavy atom. The fourth-order valence-corrected chi connectivity index (χ4v) is 7.15. The van der Waals surface area contributed by atoms with Gasteiger partial charge in [-0.05, 0) is 111 Å². The summed E-state index contributed by atoms with van der Waals surface area (Å²) in [6.45, 7) is 3.60. The van der Waals surface area contributed by atoms with E-state index in [1.54, 1.807) is 36.4 Å². The Morgan fingerprint density at radius 2 is 1.15 bits per heavy atom. The molecule has 0 radical (unpaired) electrons. The van der Waals surface area contributed by atoms with E-state index in [1.807, 2.05) is 0 Å². The molecule has 0 saturated heterocycles. The Balaban J connectivity index is 1.21. The van der Waals surface area contributed by atoms with Gasteiger partial charge in [0.15, 0.2) is 23.3 Å². The smallest absolute Gasteiger partial charge is 0.166 e. The molecule has 3 aromatic rings. The molecule has 0 spiro atoms. The summed E-state index contributed by atoms with van der Waals surface area (Å²) < 4.78 is 59.1. The van der Waals surface area contributed by atoms with Crippen molar-refractivity contribution in [1.29, 1.82) is 0 Å². The first-order valence-electron chi connectivity index (χ1n) is 15.0. The molecule has 0 heterocycles. The van der Waals surface area contributed by atoms with E-state index in [2.05, 4.69) is 19.1 Å². The number of benzene rings is 3. The van der Waals surface area contributed by atoms with Gasteiger partial charge in [-0.3, -0.25) is 0 Å². The molecule has 40 heavy (non-hydrogen) atoms. The molecule has 0 atom stereocenters. The van der Waals surface area contributed by atoms with Crippen LogP contribution >= 0.6 is 0 Å². The summed E-state index contributed by atoms with van der Waals surface area (Å²) in [4.78, 5) is 0. The van der Waals surface area contributed by atoms with Gasteiger partial charge in [-0.15, -0.1) is 0 Å². The third kappa shape index (κ3) is 6.06. The van der Waals surface area contributed by atoms with Crippen LogP contribution in [0.5, 0.6) is 0 Å². The molecule has 0 nitrogen and oxygen atoms in total. The van der Waals surface area contributed by atoms with Gasteiger partial charge in [0, 0.05) is 11.1 Å². The van der Waals surface area contributed by atoms with Gasteiger partial charge in [0.25, 0.3) is 0 Å². The molecule has 0 N–H and O–H groups in total. The second-order valence-corrected chi connectivity index (χ2v) is 12.0. The summed E-state index contributed by atoms with van der Waals surface area (Å²) in [6.07, 6.45) is 16.2. The minimum atomic E-state index is -0.906. The van der Waals surface area contributed by atoms with Gasteiger partial charge in [-0.2, -0.15) is 0 Å². The molecule has 2 fully saturated rings.